The zero-order valence-corrected chi connectivity index (χ0v) is 13.4. The van der Waals surface area contributed by atoms with Crippen molar-refractivity contribution in [2.75, 3.05) is 0 Å². The van der Waals surface area contributed by atoms with Crippen molar-refractivity contribution in [1.29, 1.82) is 0 Å². The maximum absolute atomic E-state index is 12.2. The van der Waals surface area contributed by atoms with E-state index in [4.69, 9.17) is 4.42 Å². The Labute approximate surface area is 137 Å². The number of furan rings is 1. The van der Waals surface area contributed by atoms with E-state index in [0.717, 1.165) is 18.6 Å². The Morgan fingerprint density at radius 1 is 1.35 bits per heavy atom. The zero-order chi connectivity index (χ0) is 16.1. The summed E-state index contributed by atoms with van der Waals surface area (Å²) in [5.41, 5.74) is 0.391. The second kappa shape index (κ2) is 7.15. The Bertz CT molecular complexity index is 756. The van der Waals surface area contributed by atoms with Crippen LogP contribution in [0.2, 0.25) is 0 Å². The van der Waals surface area contributed by atoms with E-state index < -0.39 is 0 Å². The number of hydrogen-bond acceptors (Lipinski definition) is 6. The number of thiazole rings is 1. The summed E-state index contributed by atoms with van der Waals surface area (Å²) in [4.78, 5) is 24.8. The van der Waals surface area contributed by atoms with E-state index in [9.17, 15) is 4.79 Å². The Morgan fingerprint density at radius 3 is 2.91 bits per heavy atom. The van der Waals surface area contributed by atoms with Gasteiger partial charge in [-0.25, -0.2) is 15.0 Å². The van der Waals surface area contributed by atoms with Crippen LogP contribution in [-0.2, 0) is 6.42 Å². The molecule has 0 aliphatic rings. The molecule has 0 bridgehead atoms. The lowest BCUT2D eigenvalue weighted by Gasteiger charge is -2.11. The minimum Gasteiger partial charge on any atom is -0.469 e. The third-order valence-corrected chi connectivity index (χ3v) is 4.11. The molecule has 3 heterocycles. The van der Waals surface area contributed by atoms with Gasteiger partial charge in [0.15, 0.2) is 10.8 Å². The van der Waals surface area contributed by atoms with E-state index in [1.807, 2.05) is 19.1 Å². The van der Waals surface area contributed by atoms with E-state index in [1.165, 1.54) is 11.3 Å². The van der Waals surface area contributed by atoms with Gasteiger partial charge in [0.25, 0.3) is 5.91 Å². The minimum absolute atomic E-state index is 0.0331. The largest absolute Gasteiger partial charge is 0.469 e. The quantitative estimate of drug-likeness (QED) is 0.752. The van der Waals surface area contributed by atoms with Gasteiger partial charge in [0.05, 0.1) is 6.26 Å². The molecule has 0 saturated carbocycles. The fourth-order valence-electron chi connectivity index (χ4n) is 2.07. The lowest BCUT2D eigenvalue weighted by molar-refractivity contribution is 0.0934. The number of nitrogens with one attached hydrogen (secondary N) is 1. The van der Waals surface area contributed by atoms with Gasteiger partial charge in [-0.1, -0.05) is 0 Å². The van der Waals surface area contributed by atoms with Crippen LogP contribution in [0.4, 0.5) is 0 Å². The van der Waals surface area contributed by atoms with Crippen LogP contribution in [0.15, 0.2) is 46.7 Å². The number of rotatable bonds is 6. The lowest BCUT2D eigenvalue weighted by Crippen LogP contribution is -2.33. The summed E-state index contributed by atoms with van der Waals surface area (Å²) in [6, 6.07) is 5.57. The molecule has 0 fully saturated rings. The molecule has 0 aliphatic heterocycles. The number of hydrogen-bond donors (Lipinski definition) is 1. The number of carbonyl (C=O) groups is 1. The summed E-state index contributed by atoms with van der Waals surface area (Å²) in [6.07, 6.45) is 6.55. The van der Waals surface area contributed by atoms with Gasteiger partial charge in [-0.05, 0) is 31.5 Å². The van der Waals surface area contributed by atoms with Crippen molar-refractivity contribution in [2.45, 2.75) is 25.8 Å². The van der Waals surface area contributed by atoms with Crippen molar-refractivity contribution < 1.29 is 9.21 Å². The highest BCUT2D eigenvalue weighted by molar-refractivity contribution is 7.13. The van der Waals surface area contributed by atoms with Crippen molar-refractivity contribution in [1.82, 2.24) is 20.3 Å². The first-order chi connectivity index (χ1) is 11.2. The molecule has 3 rings (SSSR count). The zero-order valence-electron chi connectivity index (χ0n) is 12.6. The van der Waals surface area contributed by atoms with Gasteiger partial charge < -0.3 is 9.73 Å². The number of aryl methyl sites for hydroxylation is 1. The van der Waals surface area contributed by atoms with Gasteiger partial charge >= 0.3 is 0 Å². The van der Waals surface area contributed by atoms with E-state index in [-0.39, 0.29) is 11.9 Å². The molecule has 23 heavy (non-hydrogen) atoms. The van der Waals surface area contributed by atoms with Crippen LogP contribution in [0, 0.1) is 0 Å². The van der Waals surface area contributed by atoms with E-state index in [2.05, 4.69) is 20.3 Å². The molecule has 0 saturated heterocycles. The van der Waals surface area contributed by atoms with Crippen molar-refractivity contribution in [3.63, 3.8) is 0 Å². The maximum Gasteiger partial charge on any atom is 0.270 e. The number of nitrogens with zero attached hydrogens (tertiary/aromatic N) is 3. The van der Waals surface area contributed by atoms with Gasteiger partial charge in [-0.2, -0.15) is 0 Å². The van der Waals surface area contributed by atoms with Crippen molar-refractivity contribution in [2.24, 2.45) is 0 Å². The average Bonchev–Trinajstić information content (AvgIpc) is 3.25. The van der Waals surface area contributed by atoms with Crippen LogP contribution in [0.3, 0.4) is 0 Å². The van der Waals surface area contributed by atoms with Crippen LogP contribution in [0.5, 0.6) is 0 Å². The van der Waals surface area contributed by atoms with Gasteiger partial charge in [0.2, 0.25) is 0 Å². The molecule has 0 aliphatic carbocycles. The van der Waals surface area contributed by atoms with Gasteiger partial charge in [0, 0.05) is 30.2 Å². The highest BCUT2D eigenvalue weighted by Gasteiger charge is 2.15. The number of carbonyl (C=O) groups excluding carboxylic acids is 1. The van der Waals surface area contributed by atoms with E-state index in [0.29, 0.717) is 16.5 Å². The molecule has 1 amide bonds. The van der Waals surface area contributed by atoms with E-state index in [1.54, 1.807) is 30.1 Å². The molecule has 0 unspecified atom stereocenters. The number of aromatic nitrogens is 3. The fourth-order valence-corrected chi connectivity index (χ4v) is 2.82. The Kier molecular flexibility index (Phi) is 4.77. The Hall–Kier alpha value is -2.54. The Balaban J connectivity index is 1.57. The molecule has 3 aromatic heterocycles. The Morgan fingerprint density at radius 2 is 2.17 bits per heavy atom. The third-order valence-electron chi connectivity index (χ3n) is 3.28. The van der Waals surface area contributed by atoms with Crippen LogP contribution in [0.1, 0.15) is 29.6 Å². The number of amides is 1. The molecule has 0 spiro atoms. The molecule has 3 aromatic rings. The third kappa shape index (κ3) is 4.01. The molecular formula is C16H16N4O2S. The van der Waals surface area contributed by atoms with Gasteiger partial charge in [0.1, 0.15) is 11.5 Å². The minimum atomic E-state index is -0.185. The first kappa shape index (κ1) is 15.4. The molecule has 7 heteroatoms. The van der Waals surface area contributed by atoms with Crippen LogP contribution in [0.25, 0.3) is 10.8 Å². The van der Waals surface area contributed by atoms with E-state index >= 15 is 0 Å². The fraction of sp³-hybridized carbons (Fsp3) is 0.250. The molecule has 0 aromatic carbocycles. The maximum atomic E-state index is 12.2. The highest BCUT2D eigenvalue weighted by Crippen LogP contribution is 2.19. The summed E-state index contributed by atoms with van der Waals surface area (Å²) in [5.74, 6) is 1.26. The molecular weight excluding hydrogens is 312 g/mol. The van der Waals surface area contributed by atoms with Gasteiger partial charge in [-0.15, -0.1) is 11.3 Å². The smallest absolute Gasteiger partial charge is 0.270 e. The molecule has 118 valence electrons. The summed E-state index contributed by atoms with van der Waals surface area (Å²) < 4.78 is 5.29. The van der Waals surface area contributed by atoms with Gasteiger partial charge in [-0.3, -0.25) is 4.79 Å². The summed E-state index contributed by atoms with van der Waals surface area (Å²) in [6.45, 7) is 1.97. The normalized spacial score (nSPS) is 12.0. The van der Waals surface area contributed by atoms with Crippen LogP contribution >= 0.6 is 11.3 Å². The standard InChI is InChI=1S/C16H16N4O2S/c1-11(5-6-12-4-2-9-22-12)19-15(21)13-10-23-16(20-13)14-17-7-3-8-18-14/h2-4,7-11H,5-6H2,1H3,(H,19,21)/t11-/m0/s1. The summed E-state index contributed by atoms with van der Waals surface area (Å²) in [7, 11) is 0. The second-order valence-corrected chi connectivity index (χ2v) is 5.96. The first-order valence-corrected chi connectivity index (χ1v) is 8.16. The summed E-state index contributed by atoms with van der Waals surface area (Å²) >= 11 is 1.36. The predicted octanol–water partition coefficient (Wildman–Crippen LogP) is 2.94. The molecule has 1 atom stereocenters. The topological polar surface area (TPSA) is 80.9 Å². The van der Waals surface area contributed by atoms with Crippen molar-refractivity contribution in [3.05, 3.63) is 53.7 Å². The monoisotopic (exact) mass is 328 g/mol. The highest BCUT2D eigenvalue weighted by atomic mass is 32.1. The molecule has 0 radical (unpaired) electrons. The van der Waals surface area contributed by atoms with Crippen LogP contribution < -0.4 is 5.32 Å². The van der Waals surface area contributed by atoms with Crippen LogP contribution in [-0.4, -0.2) is 26.9 Å². The predicted molar refractivity (Wildman–Crippen MR) is 87.1 cm³/mol. The second-order valence-electron chi connectivity index (χ2n) is 5.10. The average molecular weight is 328 g/mol. The van der Waals surface area contributed by atoms with Crippen molar-refractivity contribution >= 4 is 17.2 Å². The lowest BCUT2D eigenvalue weighted by atomic mass is 10.1. The molecule has 6 nitrogen and oxygen atoms in total. The van der Waals surface area contributed by atoms with Crippen molar-refractivity contribution in [3.8, 4) is 10.8 Å². The summed E-state index contributed by atoms with van der Waals surface area (Å²) in [5, 5.41) is 5.31. The SMILES string of the molecule is C[C@@H](CCc1ccco1)NC(=O)c1csc(-c2ncccn2)n1. The first-order valence-electron chi connectivity index (χ1n) is 7.28. The molecule has 1 N–H and O–H groups in total.